The molecule has 4 aliphatic heterocycles. The van der Waals surface area contributed by atoms with Crippen molar-refractivity contribution in [3.05, 3.63) is 41.5 Å². The minimum Gasteiger partial charge on any atom is -0.462 e. The van der Waals surface area contributed by atoms with E-state index in [1.807, 2.05) is 0 Å². The van der Waals surface area contributed by atoms with Crippen LogP contribution in [-0.4, -0.2) is 130 Å². The van der Waals surface area contributed by atoms with E-state index in [4.69, 9.17) is 33.3 Å². The highest BCUT2D eigenvalue weighted by Crippen LogP contribution is 2.58. The van der Waals surface area contributed by atoms with Crippen molar-refractivity contribution in [2.45, 2.75) is 199 Å². The lowest BCUT2D eigenvalue weighted by Crippen LogP contribution is -2.71. The number of amides is 2. The maximum absolute atomic E-state index is 15.2. The van der Waals surface area contributed by atoms with Crippen LogP contribution >= 0.6 is 0 Å². The number of nitrogens with zero attached hydrogens (tertiary/aromatic N) is 1. The zero-order chi connectivity index (χ0) is 48.9. The number of aliphatic hydroxyl groups is 2. The second-order valence-corrected chi connectivity index (χ2v) is 20.4. The maximum Gasteiger partial charge on any atom is 0.348 e. The van der Waals surface area contributed by atoms with Gasteiger partial charge in [-0.05, 0) is 64.2 Å². The van der Waals surface area contributed by atoms with E-state index in [1.54, 1.807) is 65.0 Å². The quantitative estimate of drug-likeness (QED) is 0.0555. The van der Waals surface area contributed by atoms with Gasteiger partial charge in [0.05, 0.1) is 25.3 Å². The smallest absolute Gasteiger partial charge is 0.348 e. The molecular formula is C49H71N3O15. The number of carbonyl (C=O) groups excluding carboxylic acids is 6. The van der Waals surface area contributed by atoms with Gasteiger partial charge in [-0.3, -0.25) is 24.0 Å². The van der Waals surface area contributed by atoms with Crippen molar-refractivity contribution in [3.8, 4) is 0 Å². The zero-order valence-corrected chi connectivity index (χ0v) is 40.2. The van der Waals surface area contributed by atoms with Gasteiger partial charge in [0.25, 0.3) is 0 Å². The SMILES string of the molecule is CCCCCC1(CCCCC)O[C@@H]2[C@H](O1)[C@H]1ON(Cc3ccc(C=CC(=O)O[C@H]4C(=O)OCC4(C)C)cc3)[C@@H]3C(=O)O[C@@H]2C[C@]13C(=O)N[C@@H](C(=O)N[C@H](CO)CCC(=O)OC(C)(C)C)[C@H](C)O. The molecule has 18 heteroatoms. The summed E-state index contributed by atoms with van der Waals surface area (Å²) in [5.74, 6) is -5.10. The number of esters is 4. The number of hydroxylamine groups is 2. The van der Waals surface area contributed by atoms with Crippen molar-refractivity contribution in [1.82, 2.24) is 15.7 Å². The van der Waals surface area contributed by atoms with Gasteiger partial charge in [0.2, 0.25) is 17.9 Å². The van der Waals surface area contributed by atoms with E-state index in [2.05, 4.69) is 24.5 Å². The number of carbonyl (C=O) groups is 6. The Balaban J connectivity index is 1.26. The topological polar surface area (TPSA) is 235 Å². The van der Waals surface area contributed by atoms with Crippen molar-refractivity contribution in [2.75, 3.05) is 13.2 Å². The number of cyclic esters (lactones) is 1. The number of unbranched alkanes of at least 4 members (excludes halogenated alkanes) is 4. The highest BCUT2D eigenvalue weighted by molar-refractivity contribution is 5.96. The number of rotatable bonds is 22. The molecule has 1 aromatic rings. The van der Waals surface area contributed by atoms with E-state index < -0.39 is 119 Å². The summed E-state index contributed by atoms with van der Waals surface area (Å²) in [6, 6.07) is 3.28. The fourth-order valence-corrected chi connectivity index (χ4v) is 9.73. The van der Waals surface area contributed by atoms with Gasteiger partial charge >= 0.3 is 23.9 Å². The summed E-state index contributed by atoms with van der Waals surface area (Å²) in [7, 11) is 0. The number of hydrogen-bond acceptors (Lipinski definition) is 16. The number of benzene rings is 1. The van der Waals surface area contributed by atoms with Gasteiger partial charge in [-0.25, -0.2) is 9.59 Å². The summed E-state index contributed by atoms with van der Waals surface area (Å²) in [6.07, 6.45) is 3.31. The predicted octanol–water partition coefficient (Wildman–Crippen LogP) is 4.10. The number of ether oxygens (including phenoxy) is 6. The van der Waals surface area contributed by atoms with E-state index in [-0.39, 0.29) is 32.4 Å². The molecule has 18 nitrogen and oxygen atoms in total. The van der Waals surface area contributed by atoms with Crippen LogP contribution in [0.5, 0.6) is 0 Å². The minimum atomic E-state index is -1.68. The Morgan fingerprint density at radius 1 is 0.955 bits per heavy atom. The predicted molar refractivity (Wildman–Crippen MR) is 240 cm³/mol. The third-order valence-corrected chi connectivity index (χ3v) is 13.2. The zero-order valence-electron chi connectivity index (χ0n) is 40.2. The van der Waals surface area contributed by atoms with Gasteiger partial charge in [0, 0.05) is 37.2 Å². The fourth-order valence-electron chi connectivity index (χ4n) is 9.73. The second-order valence-electron chi connectivity index (χ2n) is 20.4. The molecule has 6 rings (SSSR count). The lowest BCUT2D eigenvalue weighted by Gasteiger charge is -2.49. The largest absolute Gasteiger partial charge is 0.462 e. The standard InChI is InChI=1S/C49H71N3O15/c1-9-11-13-23-48(24-14-12-10-2)65-37-33-25-49(45(60)51-36(29(3)54)42(57)50-32(27-53)20-22-35(56)64-46(4,5)6)39(43(58)62-33)52(67-40(49)38(37)66-48)26-31-17-15-30(16-18-31)19-21-34(55)63-41-44(59)61-28-47(41,7)8/h15-19,21,29,32-33,36-41,53-54H,9-14,20,22-28H2,1-8H3,(H,50,57)(H,51,60)/t29-,32-,33+,36+,37-,38-,39+,40+,41-,49+/m0/s1. The van der Waals surface area contributed by atoms with Gasteiger partial charge in [-0.2, -0.15) is 5.06 Å². The minimum absolute atomic E-state index is 0.00735. The first-order valence-electron chi connectivity index (χ1n) is 23.9. The molecule has 1 saturated carbocycles. The van der Waals surface area contributed by atoms with Crippen molar-refractivity contribution >= 4 is 41.8 Å². The Morgan fingerprint density at radius 3 is 2.19 bits per heavy atom. The second kappa shape index (κ2) is 21.5. The van der Waals surface area contributed by atoms with Crippen LogP contribution in [0, 0.1) is 10.8 Å². The average molecular weight is 942 g/mol. The maximum atomic E-state index is 15.2. The molecule has 2 amide bonds. The average Bonchev–Trinajstić information content (AvgIpc) is 3.90. The van der Waals surface area contributed by atoms with Crippen molar-refractivity contribution in [2.24, 2.45) is 10.8 Å². The van der Waals surface area contributed by atoms with Crippen molar-refractivity contribution < 1.29 is 72.2 Å². The molecule has 1 aliphatic carbocycles. The molecule has 372 valence electrons. The molecule has 4 saturated heterocycles. The molecule has 0 unspecified atom stereocenters. The third kappa shape index (κ3) is 11.9. The van der Waals surface area contributed by atoms with Gasteiger partial charge in [-0.15, -0.1) is 0 Å². The van der Waals surface area contributed by atoms with E-state index in [9.17, 15) is 34.2 Å². The van der Waals surface area contributed by atoms with Crippen LogP contribution in [-0.2, 0) is 68.6 Å². The number of nitrogens with one attached hydrogen (secondary N) is 2. The molecule has 0 spiro atoms. The van der Waals surface area contributed by atoms with Crippen LogP contribution in [0.25, 0.3) is 6.08 Å². The normalized spacial score (nSPS) is 28.5. The van der Waals surface area contributed by atoms with E-state index in [0.29, 0.717) is 24.0 Å². The molecule has 4 heterocycles. The van der Waals surface area contributed by atoms with Crippen molar-refractivity contribution in [1.29, 1.82) is 0 Å². The lowest BCUT2D eigenvalue weighted by atomic mass is 9.62. The van der Waals surface area contributed by atoms with Crippen LogP contribution < -0.4 is 10.6 Å². The first-order valence-corrected chi connectivity index (χ1v) is 23.9. The first kappa shape index (κ1) is 51.9. The van der Waals surface area contributed by atoms with Gasteiger partial charge in [0.1, 0.15) is 48.1 Å². The van der Waals surface area contributed by atoms with E-state index in [1.165, 1.54) is 18.1 Å². The van der Waals surface area contributed by atoms with Crippen LogP contribution in [0.3, 0.4) is 0 Å². The molecule has 5 aliphatic rings. The van der Waals surface area contributed by atoms with Crippen LogP contribution in [0.2, 0.25) is 0 Å². The fraction of sp³-hybridized carbons (Fsp3) is 0.714. The Kier molecular flexibility index (Phi) is 16.6. The Bertz CT molecular complexity index is 1970. The molecule has 10 atom stereocenters. The number of aliphatic hydroxyl groups excluding tert-OH is 2. The molecular weight excluding hydrogens is 871 g/mol. The molecule has 5 fully saturated rings. The summed E-state index contributed by atoms with van der Waals surface area (Å²) in [5.41, 5.74) is -1.75. The van der Waals surface area contributed by atoms with E-state index in [0.717, 1.165) is 38.5 Å². The molecule has 4 N–H and O–H groups in total. The van der Waals surface area contributed by atoms with Crippen LogP contribution in [0.15, 0.2) is 30.3 Å². The summed E-state index contributed by atoms with van der Waals surface area (Å²) in [4.78, 5) is 87.4. The summed E-state index contributed by atoms with van der Waals surface area (Å²) >= 11 is 0. The molecule has 67 heavy (non-hydrogen) atoms. The van der Waals surface area contributed by atoms with Crippen LogP contribution in [0.1, 0.15) is 137 Å². The van der Waals surface area contributed by atoms with Crippen molar-refractivity contribution in [3.63, 3.8) is 0 Å². The first-order chi connectivity index (χ1) is 31.7. The molecule has 0 radical (unpaired) electrons. The van der Waals surface area contributed by atoms with E-state index >= 15 is 4.79 Å². The molecule has 2 bridgehead atoms. The molecule has 0 aromatic heterocycles. The summed E-state index contributed by atoms with van der Waals surface area (Å²) in [5, 5.41) is 28.0. The monoisotopic (exact) mass is 941 g/mol. The summed E-state index contributed by atoms with van der Waals surface area (Å²) < 4.78 is 35.8. The van der Waals surface area contributed by atoms with Gasteiger partial charge in [0.15, 0.2) is 11.8 Å². The lowest BCUT2D eigenvalue weighted by molar-refractivity contribution is -0.224. The number of fused-ring (bicyclic) bond motifs is 4. The highest BCUT2D eigenvalue weighted by Gasteiger charge is 2.76. The summed E-state index contributed by atoms with van der Waals surface area (Å²) in [6.45, 7) is 13.9. The Morgan fingerprint density at radius 2 is 1.61 bits per heavy atom. The Hall–Kier alpha value is -4.46. The third-order valence-electron chi connectivity index (χ3n) is 13.2. The number of hydrogen-bond donors (Lipinski definition) is 4. The molecule has 1 aromatic carbocycles. The Labute approximate surface area is 393 Å². The van der Waals surface area contributed by atoms with Crippen LogP contribution in [0.4, 0.5) is 0 Å². The van der Waals surface area contributed by atoms with Gasteiger partial charge in [-0.1, -0.05) is 77.6 Å². The highest BCUT2D eigenvalue weighted by atomic mass is 16.8. The van der Waals surface area contributed by atoms with Gasteiger partial charge < -0.3 is 49.3 Å².